The zero-order valence-corrected chi connectivity index (χ0v) is 19.8. The Labute approximate surface area is 198 Å². The average Bonchev–Trinajstić information content (AvgIpc) is 2.80. The molecule has 1 unspecified atom stereocenters. The summed E-state index contributed by atoms with van der Waals surface area (Å²) >= 11 is 12.2. The van der Waals surface area contributed by atoms with Crippen LogP contribution in [0.4, 0.5) is 11.5 Å². The van der Waals surface area contributed by atoms with Crippen molar-refractivity contribution in [3.05, 3.63) is 64.9 Å². The lowest BCUT2D eigenvalue weighted by Crippen LogP contribution is -2.49. The molecule has 1 N–H and O–H groups in total. The third-order valence-corrected chi connectivity index (χ3v) is 6.51. The highest BCUT2D eigenvalue weighted by Crippen LogP contribution is 2.29. The molecule has 2 heterocycles. The van der Waals surface area contributed by atoms with Crippen LogP contribution in [0, 0.1) is 0 Å². The molecule has 4 rings (SSSR count). The van der Waals surface area contributed by atoms with E-state index in [0.29, 0.717) is 15.8 Å². The molecule has 1 fully saturated rings. The predicted molar refractivity (Wildman–Crippen MR) is 134 cm³/mol. The molecule has 32 heavy (non-hydrogen) atoms. The van der Waals surface area contributed by atoms with Gasteiger partial charge in [0.1, 0.15) is 17.9 Å². The lowest BCUT2D eigenvalue weighted by atomic mass is 10.1. The first-order valence-electron chi connectivity index (χ1n) is 10.6. The molecule has 168 valence electrons. The fraction of sp³-hybridized carbons (Fsp3) is 0.333. The van der Waals surface area contributed by atoms with Crippen LogP contribution < -0.4 is 10.2 Å². The molecular formula is C24H27Cl2N5O. The van der Waals surface area contributed by atoms with Crippen molar-refractivity contribution >= 4 is 51.4 Å². The molecule has 0 radical (unpaired) electrons. The van der Waals surface area contributed by atoms with Crippen LogP contribution in [0.2, 0.25) is 10.0 Å². The standard InChI is InChI=1S/C24H27Cl2N5O/c1-16(14-30-9-11-31(12-10-30)18-7-8-21(25)22(26)13-18)29-24-20-6-4-5-19(17(2)32-3)23(20)27-15-28-24/h4-8,13,15-16H,2,9-12,14H2,1,3H3,(H,27,28,29). The Morgan fingerprint density at radius 1 is 1.12 bits per heavy atom. The van der Waals surface area contributed by atoms with Crippen molar-refractivity contribution in [2.45, 2.75) is 13.0 Å². The molecule has 8 heteroatoms. The van der Waals surface area contributed by atoms with Gasteiger partial charge in [0.05, 0.1) is 22.7 Å². The molecule has 1 saturated heterocycles. The maximum absolute atomic E-state index is 6.18. The van der Waals surface area contributed by atoms with Crippen LogP contribution in [0.3, 0.4) is 0 Å². The molecule has 0 amide bonds. The van der Waals surface area contributed by atoms with E-state index in [1.807, 2.05) is 36.4 Å². The summed E-state index contributed by atoms with van der Waals surface area (Å²) in [5.74, 6) is 1.41. The number of anilines is 2. The summed E-state index contributed by atoms with van der Waals surface area (Å²) in [5.41, 5.74) is 2.83. The van der Waals surface area contributed by atoms with Gasteiger partial charge in [-0.2, -0.15) is 0 Å². The van der Waals surface area contributed by atoms with Gasteiger partial charge >= 0.3 is 0 Å². The Kier molecular flexibility index (Phi) is 7.04. The number of ether oxygens (including phenoxy) is 1. The summed E-state index contributed by atoms with van der Waals surface area (Å²) in [6, 6.07) is 12.0. The summed E-state index contributed by atoms with van der Waals surface area (Å²) in [4.78, 5) is 13.8. The van der Waals surface area contributed by atoms with E-state index < -0.39 is 0 Å². The third-order valence-electron chi connectivity index (χ3n) is 5.77. The fourth-order valence-electron chi connectivity index (χ4n) is 4.07. The predicted octanol–water partition coefficient (Wildman–Crippen LogP) is 5.18. The number of halogens is 2. The van der Waals surface area contributed by atoms with Gasteiger partial charge in [0, 0.05) is 55.4 Å². The average molecular weight is 472 g/mol. The van der Waals surface area contributed by atoms with Gasteiger partial charge in [-0.25, -0.2) is 9.97 Å². The summed E-state index contributed by atoms with van der Waals surface area (Å²) in [5, 5.41) is 5.71. The van der Waals surface area contributed by atoms with Crippen LogP contribution in [-0.4, -0.2) is 60.7 Å². The summed E-state index contributed by atoms with van der Waals surface area (Å²) in [7, 11) is 1.62. The van der Waals surface area contributed by atoms with E-state index in [4.69, 9.17) is 27.9 Å². The first kappa shape index (κ1) is 22.6. The quantitative estimate of drug-likeness (QED) is 0.479. The van der Waals surface area contributed by atoms with Gasteiger partial charge < -0.3 is 15.0 Å². The van der Waals surface area contributed by atoms with Crippen molar-refractivity contribution in [1.29, 1.82) is 0 Å². The minimum Gasteiger partial charge on any atom is -0.497 e. The normalized spacial score (nSPS) is 15.6. The maximum Gasteiger partial charge on any atom is 0.137 e. The molecule has 3 aromatic rings. The van der Waals surface area contributed by atoms with E-state index in [9.17, 15) is 0 Å². The highest BCUT2D eigenvalue weighted by Gasteiger charge is 2.20. The van der Waals surface area contributed by atoms with E-state index in [0.717, 1.165) is 60.7 Å². The molecule has 2 aromatic carbocycles. The number of methoxy groups -OCH3 is 1. The summed E-state index contributed by atoms with van der Waals surface area (Å²) in [6.45, 7) is 10.9. The van der Waals surface area contributed by atoms with Crippen molar-refractivity contribution in [2.24, 2.45) is 0 Å². The number of hydrogen-bond donors (Lipinski definition) is 1. The summed E-state index contributed by atoms with van der Waals surface area (Å²) in [6.07, 6.45) is 1.58. The highest BCUT2D eigenvalue weighted by molar-refractivity contribution is 6.42. The van der Waals surface area contributed by atoms with Crippen LogP contribution in [0.5, 0.6) is 0 Å². The Balaban J connectivity index is 1.38. The van der Waals surface area contributed by atoms with E-state index in [-0.39, 0.29) is 6.04 Å². The van der Waals surface area contributed by atoms with E-state index >= 15 is 0 Å². The SMILES string of the molecule is C=C(OC)c1cccc2c(NC(C)CN3CCN(c4ccc(Cl)c(Cl)c4)CC3)ncnc12. The monoisotopic (exact) mass is 471 g/mol. The second-order valence-corrected chi connectivity index (χ2v) is 8.80. The number of nitrogens with one attached hydrogen (secondary N) is 1. The van der Waals surface area contributed by atoms with Crippen molar-refractivity contribution in [3.63, 3.8) is 0 Å². The molecule has 0 bridgehead atoms. The van der Waals surface area contributed by atoms with E-state index in [2.05, 4.69) is 38.6 Å². The number of benzene rings is 2. The van der Waals surface area contributed by atoms with Crippen molar-refractivity contribution < 1.29 is 4.74 Å². The van der Waals surface area contributed by atoms with Crippen LogP contribution in [0.1, 0.15) is 12.5 Å². The zero-order chi connectivity index (χ0) is 22.7. The van der Waals surface area contributed by atoms with Crippen LogP contribution >= 0.6 is 23.2 Å². The lowest BCUT2D eigenvalue weighted by molar-refractivity contribution is 0.251. The summed E-state index contributed by atoms with van der Waals surface area (Å²) < 4.78 is 5.32. The van der Waals surface area contributed by atoms with Crippen molar-refractivity contribution in [2.75, 3.05) is 50.1 Å². The van der Waals surface area contributed by atoms with Crippen LogP contribution in [-0.2, 0) is 4.74 Å². The van der Waals surface area contributed by atoms with Gasteiger partial charge in [-0.3, -0.25) is 4.90 Å². The van der Waals surface area contributed by atoms with Crippen LogP contribution in [0.15, 0.2) is 49.3 Å². The van der Waals surface area contributed by atoms with Gasteiger partial charge in [0.2, 0.25) is 0 Å². The van der Waals surface area contributed by atoms with Gasteiger partial charge in [0.15, 0.2) is 0 Å². The molecule has 0 aliphatic carbocycles. The molecular weight excluding hydrogens is 445 g/mol. The molecule has 0 saturated carbocycles. The largest absolute Gasteiger partial charge is 0.497 e. The Hall–Kier alpha value is -2.54. The zero-order valence-electron chi connectivity index (χ0n) is 18.3. The molecule has 6 nitrogen and oxygen atoms in total. The molecule has 1 aromatic heterocycles. The smallest absolute Gasteiger partial charge is 0.137 e. The number of rotatable bonds is 7. The maximum atomic E-state index is 6.18. The van der Waals surface area contributed by atoms with Gasteiger partial charge in [-0.1, -0.05) is 35.8 Å². The number of para-hydroxylation sites is 1. The van der Waals surface area contributed by atoms with E-state index in [1.54, 1.807) is 13.4 Å². The van der Waals surface area contributed by atoms with E-state index in [1.165, 1.54) is 0 Å². The number of piperazine rings is 1. The molecule has 1 aliphatic heterocycles. The number of nitrogens with zero attached hydrogens (tertiary/aromatic N) is 4. The molecule has 0 spiro atoms. The Morgan fingerprint density at radius 3 is 2.62 bits per heavy atom. The topological polar surface area (TPSA) is 53.5 Å². The first-order valence-corrected chi connectivity index (χ1v) is 11.4. The number of hydrogen-bond acceptors (Lipinski definition) is 6. The fourth-order valence-corrected chi connectivity index (χ4v) is 4.37. The number of aromatic nitrogens is 2. The molecule has 1 atom stereocenters. The minimum atomic E-state index is 0.221. The van der Waals surface area contributed by atoms with Crippen molar-refractivity contribution in [1.82, 2.24) is 14.9 Å². The van der Waals surface area contributed by atoms with Gasteiger partial charge in [0.25, 0.3) is 0 Å². The lowest BCUT2D eigenvalue weighted by Gasteiger charge is -2.37. The molecule has 1 aliphatic rings. The van der Waals surface area contributed by atoms with Crippen molar-refractivity contribution in [3.8, 4) is 0 Å². The third kappa shape index (κ3) is 4.93. The second kappa shape index (κ2) is 9.94. The second-order valence-electron chi connectivity index (χ2n) is 7.98. The highest BCUT2D eigenvalue weighted by atomic mass is 35.5. The van der Waals surface area contributed by atoms with Gasteiger partial charge in [-0.15, -0.1) is 0 Å². The van der Waals surface area contributed by atoms with Gasteiger partial charge in [-0.05, 0) is 37.3 Å². The number of fused-ring (bicyclic) bond motifs is 1. The Morgan fingerprint density at radius 2 is 1.91 bits per heavy atom. The minimum absolute atomic E-state index is 0.221. The Bertz CT molecular complexity index is 1110. The first-order chi connectivity index (χ1) is 15.5. The van der Waals surface area contributed by atoms with Crippen LogP contribution in [0.25, 0.3) is 16.7 Å².